The Morgan fingerprint density at radius 3 is 2.21 bits per heavy atom. The number of carbonyl (C=O) groups is 2. The van der Waals surface area contributed by atoms with Crippen LogP contribution in [0, 0.1) is 0 Å². The quantitative estimate of drug-likeness (QED) is 0.557. The number of anilines is 1. The van der Waals surface area contributed by atoms with Crippen molar-refractivity contribution in [2.24, 2.45) is 0 Å². The Morgan fingerprint density at radius 1 is 0.828 bits per heavy atom. The topological polar surface area (TPSA) is 79.5 Å². The molecule has 3 N–H and O–H groups in total. The van der Waals surface area contributed by atoms with Crippen LogP contribution in [0.3, 0.4) is 0 Å². The van der Waals surface area contributed by atoms with Gasteiger partial charge < -0.3 is 10.1 Å². The lowest BCUT2D eigenvalue weighted by atomic mass is 10.0. The third-order valence-electron chi connectivity index (χ3n) is 4.54. The molecule has 6 heteroatoms. The molecule has 0 radical (unpaired) electrons. The van der Waals surface area contributed by atoms with Crippen LogP contribution in [0.4, 0.5) is 10.5 Å². The van der Waals surface area contributed by atoms with Crippen molar-refractivity contribution in [3.05, 3.63) is 72.3 Å². The standard InChI is InChI=1S/C23H25N3O3/c1-15(2)17-8-11-20(12-9-17)24-23(28)26-25-22(27)16(3)29-21-13-10-18-6-4-5-7-19(18)14-21/h4-16H,1-3H3,(H,25,27)(H2,24,26,28)/t16-/m0/s1. The molecule has 0 heterocycles. The number of hydrogen-bond donors (Lipinski definition) is 3. The molecule has 150 valence electrons. The van der Waals surface area contributed by atoms with Crippen LogP contribution in [0.25, 0.3) is 10.8 Å². The molecule has 1 atom stereocenters. The second kappa shape index (κ2) is 9.10. The van der Waals surface area contributed by atoms with E-state index < -0.39 is 18.0 Å². The van der Waals surface area contributed by atoms with Gasteiger partial charge in [-0.25, -0.2) is 10.2 Å². The van der Waals surface area contributed by atoms with Crippen LogP contribution in [0.2, 0.25) is 0 Å². The second-order valence-corrected chi connectivity index (χ2v) is 7.11. The van der Waals surface area contributed by atoms with E-state index in [0.717, 1.165) is 10.8 Å². The predicted octanol–water partition coefficient (Wildman–Crippen LogP) is 4.58. The van der Waals surface area contributed by atoms with E-state index in [9.17, 15) is 9.59 Å². The fourth-order valence-corrected chi connectivity index (χ4v) is 2.83. The minimum Gasteiger partial charge on any atom is -0.481 e. The lowest BCUT2D eigenvalue weighted by Crippen LogP contribution is -2.48. The van der Waals surface area contributed by atoms with E-state index in [4.69, 9.17) is 4.74 Å². The molecule has 0 aliphatic rings. The number of urea groups is 1. The zero-order chi connectivity index (χ0) is 20.8. The van der Waals surface area contributed by atoms with Crippen LogP contribution in [-0.4, -0.2) is 18.0 Å². The number of carbonyl (C=O) groups excluding carboxylic acids is 2. The van der Waals surface area contributed by atoms with Crippen molar-refractivity contribution in [1.29, 1.82) is 0 Å². The number of amides is 3. The van der Waals surface area contributed by atoms with Gasteiger partial charge in [-0.2, -0.15) is 0 Å². The zero-order valence-corrected chi connectivity index (χ0v) is 16.7. The van der Waals surface area contributed by atoms with Crippen molar-refractivity contribution < 1.29 is 14.3 Å². The molecule has 3 rings (SSSR count). The van der Waals surface area contributed by atoms with E-state index in [1.807, 2.05) is 66.7 Å². The summed E-state index contributed by atoms with van der Waals surface area (Å²) in [7, 11) is 0. The molecule has 0 unspecified atom stereocenters. The van der Waals surface area contributed by atoms with Gasteiger partial charge in [0.25, 0.3) is 5.91 Å². The van der Waals surface area contributed by atoms with Crippen molar-refractivity contribution in [1.82, 2.24) is 10.9 Å². The predicted molar refractivity (Wildman–Crippen MR) is 115 cm³/mol. The van der Waals surface area contributed by atoms with Gasteiger partial charge in [-0.1, -0.05) is 56.3 Å². The van der Waals surface area contributed by atoms with E-state index >= 15 is 0 Å². The van der Waals surface area contributed by atoms with Crippen molar-refractivity contribution >= 4 is 28.4 Å². The molecule has 0 fully saturated rings. The summed E-state index contributed by atoms with van der Waals surface area (Å²) in [5.74, 6) is 0.547. The van der Waals surface area contributed by atoms with Crippen molar-refractivity contribution in [3.63, 3.8) is 0 Å². The maximum atomic E-state index is 12.2. The fraction of sp³-hybridized carbons (Fsp3) is 0.217. The Bertz CT molecular complexity index is 1000. The van der Waals surface area contributed by atoms with Crippen molar-refractivity contribution in [2.75, 3.05) is 5.32 Å². The molecular weight excluding hydrogens is 366 g/mol. The highest BCUT2D eigenvalue weighted by Crippen LogP contribution is 2.21. The van der Waals surface area contributed by atoms with Crippen molar-refractivity contribution in [3.8, 4) is 5.75 Å². The highest BCUT2D eigenvalue weighted by atomic mass is 16.5. The maximum absolute atomic E-state index is 12.2. The van der Waals surface area contributed by atoms with E-state index in [1.54, 1.807) is 6.92 Å². The summed E-state index contributed by atoms with van der Waals surface area (Å²) in [4.78, 5) is 24.2. The first-order valence-corrected chi connectivity index (χ1v) is 9.54. The molecule has 0 aromatic heterocycles. The van der Waals surface area contributed by atoms with Crippen LogP contribution in [0.1, 0.15) is 32.3 Å². The summed E-state index contributed by atoms with van der Waals surface area (Å²) in [6.07, 6.45) is -0.776. The van der Waals surface area contributed by atoms with Crippen LogP contribution in [0.15, 0.2) is 66.7 Å². The lowest BCUT2D eigenvalue weighted by Gasteiger charge is -2.16. The molecule has 29 heavy (non-hydrogen) atoms. The highest BCUT2D eigenvalue weighted by Gasteiger charge is 2.15. The summed E-state index contributed by atoms with van der Waals surface area (Å²) < 4.78 is 5.69. The SMILES string of the molecule is CC(C)c1ccc(NC(=O)NNC(=O)[C@H](C)Oc2ccc3ccccc3c2)cc1. The molecule has 3 aromatic carbocycles. The largest absolute Gasteiger partial charge is 0.481 e. The third kappa shape index (κ3) is 5.48. The molecule has 0 aliphatic carbocycles. The summed E-state index contributed by atoms with van der Waals surface area (Å²) >= 11 is 0. The van der Waals surface area contributed by atoms with E-state index in [-0.39, 0.29) is 0 Å². The molecule has 0 saturated carbocycles. The molecular formula is C23H25N3O3. The summed E-state index contributed by atoms with van der Waals surface area (Å²) in [5, 5.41) is 4.79. The fourth-order valence-electron chi connectivity index (χ4n) is 2.83. The first kappa shape index (κ1) is 20.2. The Labute approximate surface area is 170 Å². The Morgan fingerprint density at radius 2 is 1.52 bits per heavy atom. The van der Waals surface area contributed by atoms with Gasteiger partial charge in [-0.05, 0) is 53.4 Å². The normalized spacial score (nSPS) is 11.7. The molecule has 0 aliphatic heterocycles. The van der Waals surface area contributed by atoms with Gasteiger partial charge in [0.1, 0.15) is 5.75 Å². The summed E-state index contributed by atoms with van der Waals surface area (Å²) in [5.41, 5.74) is 6.52. The number of hydrogen-bond acceptors (Lipinski definition) is 3. The van der Waals surface area contributed by atoms with E-state index in [1.165, 1.54) is 5.56 Å². The molecule has 0 bridgehead atoms. The Kier molecular flexibility index (Phi) is 6.34. The third-order valence-corrected chi connectivity index (χ3v) is 4.54. The Balaban J connectivity index is 1.49. The first-order valence-electron chi connectivity index (χ1n) is 9.54. The summed E-state index contributed by atoms with van der Waals surface area (Å²) in [6, 6.07) is 20.5. The van der Waals surface area contributed by atoms with Crippen LogP contribution in [0.5, 0.6) is 5.75 Å². The minimum absolute atomic E-state index is 0.418. The second-order valence-electron chi connectivity index (χ2n) is 7.11. The van der Waals surface area contributed by atoms with Crippen LogP contribution < -0.4 is 20.9 Å². The highest BCUT2D eigenvalue weighted by molar-refractivity contribution is 5.91. The number of ether oxygens (including phenoxy) is 1. The Hall–Kier alpha value is -3.54. The van der Waals surface area contributed by atoms with Gasteiger partial charge in [-0.15, -0.1) is 0 Å². The average Bonchev–Trinajstić information content (AvgIpc) is 2.72. The minimum atomic E-state index is -0.776. The lowest BCUT2D eigenvalue weighted by molar-refractivity contribution is -0.127. The van der Waals surface area contributed by atoms with Gasteiger partial charge in [0.2, 0.25) is 0 Å². The molecule has 3 amide bonds. The van der Waals surface area contributed by atoms with Gasteiger partial charge in [0, 0.05) is 5.69 Å². The maximum Gasteiger partial charge on any atom is 0.337 e. The van der Waals surface area contributed by atoms with Crippen LogP contribution >= 0.6 is 0 Å². The molecule has 6 nitrogen and oxygen atoms in total. The van der Waals surface area contributed by atoms with Gasteiger partial charge in [0.15, 0.2) is 6.10 Å². The van der Waals surface area contributed by atoms with Gasteiger partial charge in [0.05, 0.1) is 0 Å². The number of nitrogens with one attached hydrogen (secondary N) is 3. The van der Waals surface area contributed by atoms with Gasteiger partial charge >= 0.3 is 6.03 Å². The molecule has 0 saturated heterocycles. The van der Waals surface area contributed by atoms with Crippen LogP contribution in [-0.2, 0) is 4.79 Å². The molecule has 3 aromatic rings. The number of rotatable bonds is 5. The first-order chi connectivity index (χ1) is 13.9. The van der Waals surface area contributed by atoms with Gasteiger partial charge in [-0.3, -0.25) is 10.2 Å². The van der Waals surface area contributed by atoms with Crippen molar-refractivity contribution in [2.45, 2.75) is 32.8 Å². The monoisotopic (exact) mass is 391 g/mol. The number of hydrazine groups is 1. The zero-order valence-electron chi connectivity index (χ0n) is 16.7. The smallest absolute Gasteiger partial charge is 0.337 e. The molecule has 0 spiro atoms. The average molecular weight is 391 g/mol. The number of fused-ring (bicyclic) bond motifs is 1. The summed E-state index contributed by atoms with van der Waals surface area (Å²) in [6.45, 7) is 5.83. The van der Waals surface area contributed by atoms with E-state index in [0.29, 0.717) is 17.4 Å². The van der Waals surface area contributed by atoms with E-state index in [2.05, 4.69) is 30.0 Å². The number of benzene rings is 3.